The fourth-order valence-corrected chi connectivity index (χ4v) is 4.70. The van der Waals surface area contributed by atoms with Gasteiger partial charge in [-0.25, -0.2) is 4.98 Å². The largest absolute Gasteiger partial charge is 0.390 e. The van der Waals surface area contributed by atoms with Crippen molar-refractivity contribution in [2.24, 2.45) is 0 Å². The number of aromatic nitrogens is 2. The van der Waals surface area contributed by atoms with Gasteiger partial charge in [0.2, 0.25) is 0 Å². The van der Waals surface area contributed by atoms with Crippen molar-refractivity contribution in [2.75, 3.05) is 5.75 Å². The van der Waals surface area contributed by atoms with E-state index < -0.39 is 6.10 Å². The first kappa shape index (κ1) is 24.2. The maximum atomic E-state index is 12.2. The first-order chi connectivity index (χ1) is 14.2. The Hall–Kier alpha value is -1.07. The van der Waals surface area contributed by atoms with Crippen LogP contribution in [-0.2, 0) is 13.0 Å². The number of hydrogen-bond acceptors (Lipinski definition) is 4. The summed E-state index contributed by atoms with van der Waals surface area (Å²) in [7, 11) is 0. The number of unbranched alkanes of at least 4 members (excludes halogenated alkanes) is 11. The first-order valence-electron chi connectivity index (χ1n) is 11.8. The summed E-state index contributed by atoms with van der Waals surface area (Å²) in [4.78, 5) is 16.8. The highest BCUT2D eigenvalue weighted by Crippen LogP contribution is 2.21. The molecule has 0 saturated heterocycles. The van der Waals surface area contributed by atoms with Crippen molar-refractivity contribution in [3.05, 3.63) is 34.3 Å². The molecule has 1 aliphatic heterocycles. The number of aliphatic hydroxyl groups excluding tert-OH is 1. The summed E-state index contributed by atoms with van der Waals surface area (Å²) >= 11 is 1.48. The zero-order valence-corrected chi connectivity index (χ0v) is 19.1. The van der Waals surface area contributed by atoms with Crippen LogP contribution in [0.1, 0.15) is 96.1 Å². The maximum absolute atomic E-state index is 12.2. The van der Waals surface area contributed by atoms with Crippen LogP contribution in [-0.4, -0.2) is 26.5 Å². The number of nitrogens with zero attached hydrogens (tertiary/aromatic N) is 2. The fraction of sp³-hybridized carbons (Fsp3) is 0.750. The molecule has 164 valence electrons. The van der Waals surface area contributed by atoms with Crippen molar-refractivity contribution in [1.82, 2.24) is 9.55 Å². The van der Waals surface area contributed by atoms with Crippen molar-refractivity contribution in [2.45, 2.75) is 115 Å². The van der Waals surface area contributed by atoms with E-state index in [0.717, 1.165) is 23.7 Å². The zero-order valence-electron chi connectivity index (χ0n) is 18.3. The average molecular weight is 421 g/mol. The van der Waals surface area contributed by atoms with E-state index in [1.807, 2.05) is 0 Å². The molecule has 0 radical (unpaired) electrons. The third-order valence-electron chi connectivity index (χ3n) is 5.52. The summed E-state index contributed by atoms with van der Waals surface area (Å²) < 4.78 is 1.60. The normalized spacial score (nSPS) is 16.4. The van der Waals surface area contributed by atoms with E-state index in [1.165, 1.54) is 88.8 Å². The predicted octanol–water partition coefficient (Wildman–Crippen LogP) is 5.90. The van der Waals surface area contributed by atoms with Crippen LogP contribution >= 0.6 is 11.8 Å². The van der Waals surface area contributed by atoms with Crippen LogP contribution < -0.4 is 5.56 Å². The van der Waals surface area contributed by atoms with Gasteiger partial charge in [0.15, 0.2) is 5.16 Å². The van der Waals surface area contributed by atoms with Gasteiger partial charge in [-0.2, -0.15) is 0 Å². The Balaban J connectivity index is 1.47. The van der Waals surface area contributed by atoms with E-state index in [0.29, 0.717) is 12.3 Å². The monoisotopic (exact) mass is 420 g/mol. The lowest BCUT2D eigenvalue weighted by molar-refractivity contribution is 0.167. The van der Waals surface area contributed by atoms with Gasteiger partial charge >= 0.3 is 0 Å². The minimum atomic E-state index is -0.441. The van der Waals surface area contributed by atoms with Crippen LogP contribution in [0.5, 0.6) is 0 Å². The Labute approximate surface area is 181 Å². The smallest absolute Gasteiger partial charge is 0.254 e. The van der Waals surface area contributed by atoms with Gasteiger partial charge in [-0.3, -0.25) is 9.36 Å². The minimum absolute atomic E-state index is 0.0241. The fourth-order valence-electron chi connectivity index (χ4n) is 3.75. The van der Waals surface area contributed by atoms with Crippen LogP contribution in [0.15, 0.2) is 28.2 Å². The molecular formula is C24H40N2O2S. The lowest BCUT2D eigenvalue weighted by Crippen LogP contribution is -2.33. The second-order valence-electron chi connectivity index (χ2n) is 8.28. The van der Waals surface area contributed by atoms with Crippen molar-refractivity contribution < 1.29 is 5.11 Å². The Morgan fingerprint density at radius 3 is 2.34 bits per heavy atom. The quantitative estimate of drug-likeness (QED) is 0.218. The highest BCUT2D eigenvalue weighted by atomic mass is 32.2. The highest BCUT2D eigenvalue weighted by Gasteiger charge is 2.19. The molecule has 1 aliphatic rings. The third kappa shape index (κ3) is 9.99. The van der Waals surface area contributed by atoms with Gasteiger partial charge in [0.25, 0.3) is 5.56 Å². The molecule has 2 rings (SSSR count). The summed E-state index contributed by atoms with van der Waals surface area (Å²) in [5, 5.41) is 10.5. The lowest BCUT2D eigenvalue weighted by atomic mass is 10.1. The topological polar surface area (TPSA) is 55.1 Å². The van der Waals surface area contributed by atoms with E-state index in [2.05, 4.69) is 24.1 Å². The van der Waals surface area contributed by atoms with E-state index >= 15 is 0 Å². The van der Waals surface area contributed by atoms with Gasteiger partial charge < -0.3 is 5.11 Å². The molecule has 2 heterocycles. The summed E-state index contributed by atoms with van der Waals surface area (Å²) in [5.41, 5.74) is 0.881. The number of aliphatic hydroxyl groups is 1. The standard InChI is InChI=1S/C24H40N2O2S/c1-2-3-4-5-6-7-8-9-10-11-12-13-14-15-16-17-21-18-23(28)26-19-22(27)20-29-24(26)25-21/h9-10,18,22,27H,2-8,11-17,19-20H2,1H3/b10-9-. The van der Waals surface area contributed by atoms with Crippen molar-refractivity contribution in [3.63, 3.8) is 0 Å². The van der Waals surface area contributed by atoms with E-state index in [1.54, 1.807) is 10.6 Å². The second kappa shape index (κ2) is 14.8. The van der Waals surface area contributed by atoms with Gasteiger partial charge in [-0.05, 0) is 38.5 Å². The number of rotatable bonds is 15. The van der Waals surface area contributed by atoms with Gasteiger partial charge in [-0.1, -0.05) is 82.2 Å². The number of hydrogen-bond donors (Lipinski definition) is 1. The molecular weight excluding hydrogens is 380 g/mol. The van der Waals surface area contributed by atoms with Crippen molar-refractivity contribution >= 4 is 11.8 Å². The predicted molar refractivity (Wildman–Crippen MR) is 124 cm³/mol. The van der Waals surface area contributed by atoms with Crippen molar-refractivity contribution in [3.8, 4) is 0 Å². The molecule has 5 heteroatoms. The lowest BCUT2D eigenvalue weighted by Gasteiger charge is -2.21. The molecule has 0 aliphatic carbocycles. The molecule has 29 heavy (non-hydrogen) atoms. The van der Waals surface area contributed by atoms with Crippen LogP contribution in [0.4, 0.5) is 0 Å². The third-order valence-corrected chi connectivity index (χ3v) is 6.64. The molecule has 0 bridgehead atoms. The van der Waals surface area contributed by atoms with Gasteiger partial charge in [0.1, 0.15) is 0 Å². The number of allylic oxidation sites excluding steroid dienone is 2. The van der Waals surface area contributed by atoms with Gasteiger partial charge in [-0.15, -0.1) is 0 Å². The number of fused-ring (bicyclic) bond motifs is 1. The summed E-state index contributed by atoms with van der Waals surface area (Å²) in [6, 6.07) is 1.65. The molecule has 0 aromatic carbocycles. The summed E-state index contributed by atoms with van der Waals surface area (Å²) in [5.74, 6) is 0.628. The number of aryl methyl sites for hydroxylation is 1. The van der Waals surface area contributed by atoms with Gasteiger partial charge in [0.05, 0.1) is 12.6 Å². The molecule has 0 saturated carbocycles. The molecule has 4 nitrogen and oxygen atoms in total. The molecule has 1 aromatic heterocycles. The average Bonchev–Trinajstić information content (AvgIpc) is 2.71. The van der Waals surface area contributed by atoms with Gasteiger partial charge in [0, 0.05) is 17.5 Å². The van der Waals surface area contributed by atoms with E-state index in [4.69, 9.17) is 0 Å². The molecule has 1 atom stereocenters. The Kier molecular flexibility index (Phi) is 12.4. The molecule has 1 N–H and O–H groups in total. The van der Waals surface area contributed by atoms with Crippen LogP contribution in [0, 0.1) is 0 Å². The second-order valence-corrected chi connectivity index (χ2v) is 9.27. The first-order valence-corrected chi connectivity index (χ1v) is 12.8. The molecule has 0 fully saturated rings. The van der Waals surface area contributed by atoms with E-state index in [-0.39, 0.29) is 5.56 Å². The van der Waals surface area contributed by atoms with Crippen LogP contribution in [0.3, 0.4) is 0 Å². The molecule has 1 aromatic rings. The Morgan fingerprint density at radius 1 is 1.03 bits per heavy atom. The molecule has 1 unspecified atom stereocenters. The maximum Gasteiger partial charge on any atom is 0.254 e. The Morgan fingerprint density at radius 2 is 1.66 bits per heavy atom. The SMILES string of the molecule is CCCCCCCC/C=C\CCCCCCCc1cc(=O)n2c(n1)SCC(O)C2. The zero-order chi connectivity index (χ0) is 20.7. The summed E-state index contributed by atoms with van der Waals surface area (Å²) in [6.07, 6.45) is 22.0. The van der Waals surface area contributed by atoms with Crippen LogP contribution in [0.2, 0.25) is 0 Å². The summed E-state index contributed by atoms with van der Waals surface area (Å²) in [6.45, 7) is 2.64. The molecule has 0 amide bonds. The molecule has 0 spiro atoms. The van der Waals surface area contributed by atoms with Crippen molar-refractivity contribution in [1.29, 1.82) is 0 Å². The van der Waals surface area contributed by atoms with Crippen LogP contribution in [0.25, 0.3) is 0 Å². The van der Waals surface area contributed by atoms with E-state index in [9.17, 15) is 9.90 Å². The number of thioether (sulfide) groups is 1. The highest BCUT2D eigenvalue weighted by molar-refractivity contribution is 7.99. The minimum Gasteiger partial charge on any atom is -0.390 e. The Bertz CT molecular complexity index is 657.